The van der Waals surface area contributed by atoms with E-state index in [0.717, 1.165) is 5.92 Å². The summed E-state index contributed by atoms with van der Waals surface area (Å²) in [7, 11) is 0.353. The molecule has 0 rings (SSSR count). The van der Waals surface area contributed by atoms with Gasteiger partial charge in [0.05, 0.1) is 0 Å². The van der Waals surface area contributed by atoms with Crippen molar-refractivity contribution in [2.75, 3.05) is 0 Å². The van der Waals surface area contributed by atoms with E-state index < -0.39 is 0 Å². The van der Waals surface area contributed by atoms with Crippen LogP contribution in [0.15, 0.2) is 0 Å². The highest BCUT2D eigenvalue weighted by Gasteiger charge is 1.96. The van der Waals surface area contributed by atoms with Gasteiger partial charge in [-0.1, -0.05) is 45.7 Å². The molecule has 0 saturated heterocycles. The minimum Gasteiger partial charge on any atom is -0.0657 e. The predicted molar refractivity (Wildman–Crippen MR) is 47.9 cm³/mol. The van der Waals surface area contributed by atoms with Gasteiger partial charge >= 0.3 is 0 Å². The molecule has 1 heteroatoms. The summed E-state index contributed by atoms with van der Waals surface area (Å²) in [4.78, 5) is 0. The summed E-state index contributed by atoms with van der Waals surface area (Å²) in [5.74, 6) is 1.02. The third-order valence-corrected chi connectivity index (χ3v) is 4.60. The lowest BCUT2D eigenvalue weighted by atomic mass is 10.2. The first kappa shape index (κ1) is 9.22. The van der Waals surface area contributed by atoms with Crippen LogP contribution in [-0.2, 0) is 0 Å². The van der Waals surface area contributed by atoms with Crippen molar-refractivity contribution in [3.05, 3.63) is 0 Å². The highest BCUT2D eigenvalue weighted by molar-refractivity contribution is 6.35. The second kappa shape index (κ2) is 6.34. The number of rotatable bonds is 5. The molecule has 0 aromatic heterocycles. The van der Waals surface area contributed by atoms with Crippen molar-refractivity contribution in [3.63, 3.8) is 0 Å². The molecule has 0 heterocycles. The van der Waals surface area contributed by atoms with Gasteiger partial charge in [-0.15, -0.1) is 0 Å². The molecule has 0 N–H and O–H groups in total. The molecule has 1 unspecified atom stereocenters. The van der Waals surface area contributed by atoms with E-state index in [1.54, 1.807) is 12.1 Å². The molecule has 0 amide bonds. The summed E-state index contributed by atoms with van der Waals surface area (Å²) >= 11 is 0. The SMILES string of the molecule is CCC[SiH2]CC(C)CC. The minimum absolute atomic E-state index is 0.353. The quantitative estimate of drug-likeness (QED) is 0.411. The molecular weight excluding hydrogens is 124 g/mol. The molecule has 0 fully saturated rings. The Morgan fingerprint density at radius 2 is 2.00 bits per heavy atom. The molecule has 0 aromatic carbocycles. The number of hydrogen-bond acceptors (Lipinski definition) is 0. The first-order valence-electron chi connectivity index (χ1n) is 4.31. The molecule has 0 aliphatic heterocycles. The summed E-state index contributed by atoms with van der Waals surface area (Å²) in [6, 6.07) is 3.13. The van der Waals surface area contributed by atoms with Crippen molar-refractivity contribution in [1.29, 1.82) is 0 Å². The van der Waals surface area contributed by atoms with E-state index >= 15 is 0 Å². The van der Waals surface area contributed by atoms with Crippen LogP contribution in [0.4, 0.5) is 0 Å². The molecule has 56 valence electrons. The van der Waals surface area contributed by atoms with Gasteiger partial charge in [-0.2, -0.15) is 0 Å². The maximum atomic E-state index is 2.38. The lowest BCUT2D eigenvalue weighted by Gasteiger charge is -2.04. The van der Waals surface area contributed by atoms with Crippen molar-refractivity contribution in [3.8, 4) is 0 Å². The molecule has 0 aliphatic rings. The Balaban J connectivity index is 2.88. The van der Waals surface area contributed by atoms with Crippen molar-refractivity contribution in [1.82, 2.24) is 0 Å². The standard InChI is InChI=1S/C8H20Si/c1-4-6-9-7-8(3)5-2/h8H,4-7,9H2,1-3H3. The van der Waals surface area contributed by atoms with Crippen LogP contribution < -0.4 is 0 Å². The normalized spacial score (nSPS) is 15.0. The van der Waals surface area contributed by atoms with Gasteiger partial charge in [0.15, 0.2) is 0 Å². The van der Waals surface area contributed by atoms with Crippen LogP contribution in [0.2, 0.25) is 12.1 Å². The largest absolute Gasteiger partial charge is 0.0657 e. The first-order chi connectivity index (χ1) is 4.31. The van der Waals surface area contributed by atoms with E-state index in [1.807, 2.05) is 0 Å². The molecule has 0 spiro atoms. The van der Waals surface area contributed by atoms with E-state index in [4.69, 9.17) is 0 Å². The van der Waals surface area contributed by atoms with Crippen LogP contribution in [0.5, 0.6) is 0 Å². The summed E-state index contributed by atoms with van der Waals surface area (Å²) in [6.45, 7) is 6.97. The molecule has 1 atom stereocenters. The van der Waals surface area contributed by atoms with Gasteiger partial charge < -0.3 is 0 Å². The van der Waals surface area contributed by atoms with Gasteiger partial charge in [-0.05, 0) is 5.92 Å². The Hall–Kier alpha value is 0.217. The van der Waals surface area contributed by atoms with Gasteiger partial charge in [0, 0.05) is 9.52 Å². The molecule has 0 aliphatic carbocycles. The van der Waals surface area contributed by atoms with Crippen molar-refractivity contribution in [2.45, 2.75) is 45.7 Å². The third kappa shape index (κ3) is 6.10. The fourth-order valence-electron chi connectivity index (χ4n) is 0.947. The highest BCUT2D eigenvalue weighted by Crippen LogP contribution is 2.07. The van der Waals surface area contributed by atoms with E-state index in [0.29, 0.717) is 9.52 Å². The van der Waals surface area contributed by atoms with Crippen LogP contribution in [0, 0.1) is 5.92 Å². The van der Waals surface area contributed by atoms with E-state index in [-0.39, 0.29) is 0 Å². The van der Waals surface area contributed by atoms with E-state index in [2.05, 4.69) is 20.8 Å². The van der Waals surface area contributed by atoms with Crippen molar-refractivity contribution in [2.24, 2.45) is 5.92 Å². The number of hydrogen-bond donors (Lipinski definition) is 0. The fraction of sp³-hybridized carbons (Fsp3) is 1.00. The van der Waals surface area contributed by atoms with Gasteiger partial charge in [0.2, 0.25) is 0 Å². The zero-order valence-electron chi connectivity index (χ0n) is 7.11. The maximum absolute atomic E-state index is 2.38. The topological polar surface area (TPSA) is 0 Å². The second-order valence-electron chi connectivity index (χ2n) is 3.01. The van der Waals surface area contributed by atoms with E-state index in [1.165, 1.54) is 12.8 Å². The zero-order valence-corrected chi connectivity index (χ0v) is 8.53. The monoisotopic (exact) mass is 144 g/mol. The van der Waals surface area contributed by atoms with Gasteiger partial charge in [0.1, 0.15) is 0 Å². The molecule has 0 saturated carbocycles. The van der Waals surface area contributed by atoms with Gasteiger partial charge in [-0.3, -0.25) is 0 Å². The molecule has 0 bridgehead atoms. The van der Waals surface area contributed by atoms with Crippen LogP contribution in [0.3, 0.4) is 0 Å². The van der Waals surface area contributed by atoms with Crippen LogP contribution >= 0.6 is 0 Å². The summed E-state index contributed by atoms with van der Waals surface area (Å²) < 4.78 is 0. The summed E-state index contributed by atoms with van der Waals surface area (Å²) in [5.41, 5.74) is 0. The Morgan fingerprint density at radius 1 is 1.33 bits per heavy atom. The molecule has 9 heavy (non-hydrogen) atoms. The highest BCUT2D eigenvalue weighted by atomic mass is 28.2. The summed E-state index contributed by atoms with van der Waals surface area (Å²) in [5, 5.41) is 0. The van der Waals surface area contributed by atoms with Crippen LogP contribution in [0.25, 0.3) is 0 Å². The zero-order chi connectivity index (χ0) is 7.11. The second-order valence-corrected chi connectivity index (χ2v) is 5.00. The Bertz CT molecular complexity index is 52.5. The Labute approximate surface area is 61.9 Å². The first-order valence-corrected chi connectivity index (χ1v) is 6.31. The average molecular weight is 144 g/mol. The lowest BCUT2D eigenvalue weighted by molar-refractivity contribution is 0.621. The average Bonchev–Trinajstić information content (AvgIpc) is 1.89. The van der Waals surface area contributed by atoms with E-state index in [9.17, 15) is 0 Å². The van der Waals surface area contributed by atoms with Crippen LogP contribution in [0.1, 0.15) is 33.6 Å². The Kier molecular flexibility index (Phi) is 6.49. The predicted octanol–water partition coefficient (Wildman–Crippen LogP) is 2.45. The molecule has 0 radical (unpaired) electrons. The van der Waals surface area contributed by atoms with Gasteiger partial charge in [0.25, 0.3) is 0 Å². The maximum Gasteiger partial charge on any atom is 0.0200 e. The Morgan fingerprint density at radius 3 is 2.44 bits per heavy atom. The minimum atomic E-state index is 0.353. The smallest absolute Gasteiger partial charge is 0.0200 e. The molecule has 0 aromatic rings. The lowest BCUT2D eigenvalue weighted by Crippen LogP contribution is -1.97. The summed E-state index contributed by atoms with van der Waals surface area (Å²) in [6.07, 6.45) is 2.80. The fourth-order valence-corrected chi connectivity index (χ4v) is 2.84. The van der Waals surface area contributed by atoms with Gasteiger partial charge in [-0.25, -0.2) is 0 Å². The molecular formula is C8H20Si. The van der Waals surface area contributed by atoms with Crippen LogP contribution in [-0.4, -0.2) is 9.52 Å². The molecule has 0 nitrogen and oxygen atoms in total. The van der Waals surface area contributed by atoms with Crippen molar-refractivity contribution >= 4 is 9.52 Å². The van der Waals surface area contributed by atoms with Crippen molar-refractivity contribution < 1.29 is 0 Å². The third-order valence-electron chi connectivity index (χ3n) is 2.00.